The molecule has 14 heavy (non-hydrogen) atoms. The summed E-state index contributed by atoms with van der Waals surface area (Å²) in [5, 5.41) is 0. The lowest BCUT2D eigenvalue weighted by atomic mass is 10.1. The van der Waals surface area contributed by atoms with Gasteiger partial charge in [-0.05, 0) is 24.1 Å². The lowest BCUT2D eigenvalue weighted by Crippen LogP contribution is -2.03. The molecule has 3 heteroatoms. The summed E-state index contributed by atoms with van der Waals surface area (Å²) in [4.78, 5) is 4.61. The van der Waals surface area contributed by atoms with Gasteiger partial charge in [0.25, 0.3) is 0 Å². The minimum absolute atomic E-state index is 0.565. The molecule has 0 aliphatic carbocycles. The Bertz CT molecular complexity index is 261. The fourth-order valence-corrected chi connectivity index (χ4v) is 1.03. The van der Waals surface area contributed by atoms with Crippen molar-refractivity contribution in [3.05, 3.63) is 23.8 Å². The quantitative estimate of drug-likeness (QED) is 0.757. The Hall–Kier alpha value is -1.22. The van der Waals surface area contributed by atoms with E-state index in [1.165, 1.54) is 5.56 Å². The Balaban J connectivity index is 0.000000791. The summed E-state index contributed by atoms with van der Waals surface area (Å²) in [5.41, 5.74) is 1.20. The number of hydrogen-bond donors (Lipinski definition) is 1. The van der Waals surface area contributed by atoms with Gasteiger partial charge in [-0.15, -0.1) is 0 Å². The van der Waals surface area contributed by atoms with Crippen LogP contribution in [0.5, 0.6) is 11.5 Å². The average molecular weight is 197 g/mol. The van der Waals surface area contributed by atoms with E-state index in [0.29, 0.717) is 11.5 Å². The predicted octanol–water partition coefficient (Wildman–Crippen LogP) is 2.54. The molecule has 0 atom stereocenters. The summed E-state index contributed by atoms with van der Waals surface area (Å²) >= 11 is 0. The largest absolute Gasteiger partial charge is 0.493 e. The Morgan fingerprint density at radius 3 is 2.29 bits per heavy atom. The first-order valence-electron chi connectivity index (χ1n) is 4.85. The minimum atomic E-state index is 0.565. The van der Waals surface area contributed by atoms with E-state index in [4.69, 9.17) is 10.6 Å². The molecular formula is C11H19NO2. The van der Waals surface area contributed by atoms with Crippen molar-refractivity contribution >= 4 is 0 Å². The number of benzene rings is 1. The third kappa shape index (κ3) is 3.26. The molecule has 1 aromatic carbocycles. The highest BCUT2D eigenvalue weighted by Gasteiger charge is 2.02. The summed E-state index contributed by atoms with van der Waals surface area (Å²) < 4.78 is 5.07. The van der Waals surface area contributed by atoms with Crippen LogP contribution < -0.4 is 15.5 Å². The molecule has 3 nitrogen and oxygen atoms in total. The summed E-state index contributed by atoms with van der Waals surface area (Å²) in [5.74, 6) is 6.28. The molecule has 0 saturated heterocycles. The van der Waals surface area contributed by atoms with Gasteiger partial charge in [0.05, 0.1) is 7.11 Å². The van der Waals surface area contributed by atoms with Gasteiger partial charge in [0.2, 0.25) is 0 Å². The lowest BCUT2D eigenvalue weighted by Gasteiger charge is -2.07. The van der Waals surface area contributed by atoms with Crippen molar-refractivity contribution in [1.29, 1.82) is 0 Å². The molecule has 0 fully saturated rings. The summed E-state index contributed by atoms with van der Waals surface area (Å²) in [6, 6.07) is 5.69. The number of nitrogens with two attached hydrogens (primary N) is 1. The van der Waals surface area contributed by atoms with E-state index < -0.39 is 0 Å². The molecule has 2 N–H and O–H groups in total. The van der Waals surface area contributed by atoms with Gasteiger partial charge in [-0.1, -0.05) is 26.8 Å². The Morgan fingerprint density at radius 2 is 1.86 bits per heavy atom. The van der Waals surface area contributed by atoms with Crippen LogP contribution in [-0.4, -0.2) is 7.11 Å². The van der Waals surface area contributed by atoms with Crippen LogP contribution in [0.25, 0.3) is 0 Å². The molecule has 0 aliphatic rings. The number of methoxy groups -OCH3 is 1. The number of rotatable bonds is 3. The first kappa shape index (κ1) is 12.8. The van der Waals surface area contributed by atoms with E-state index in [0.717, 1.165) is 6.42 Å². The number of ether oxygens (including phenoxy) is 1. The molecule has 0 heterocycles. The zero-order valence-electron chi connectivity index (χ0n) is 9.33. The molecule has 0 radical (unpaired) electrons. The molecule has 0 amide bonds. The third-order valence-electron chi connectivity index (χ3n) is 1.76. The van der Waals surface area contributed by atoms with E-state index in [1.54, 1.807) is 13.2 Å². The standard InChI is InChI=1S/C9H13NO2.C2H6/c1-3-7-4-5-8(12-10)9(6-7)11-2;1-2/h4-6H,3,10H2,1-2H3;1-2H3. The van der Waals surface area contributed by atoms with Crippen molar-refractivity contribution in [1.82, 2.24) is 0 Å². The van der Waals surface area contributed by atoms with Gasteiger partial charge in [-0.2, -0.15) is 5.90 Å². The zero-order valence-corrected chi connectivity index (χ0v) is 9.33. The van der Waals surface area contributed by atoms with Crippen molar-refractivity contribution < 1.29 is 9.57 Å². The normalized spacial score (nSPS) is 8.64. The third-order valence-corrected chi connectivity index (χ3v) is 1.76. The number of hydrogen-bond acceptors (Lipinski definition) is 3. The van der Waals surface area contributed by atoms with Gasteiger partial charge < -0.3 is 9.57 Å². The second kappa shape index (κ2) is 7.21. The van der Waals surface area contributed by atoms with Gasteiger partial charge in [0, 0.05) is 0 Å². The molecule has 1 aromatic rings. The summed E-state index contributed by atoms with van der Waals surface area (Å²) in [7, 11) is 1.59. The van der Waals surface area contributed by atoms with Crippen LogP contribution in [0.15, 0.2) is 18.2 Å². The van der Waals surface area contributed by atoms with Crippen LogP contribution in [0.2, 0.25) is 0 Å². The van der Waals surface area contributed by atoms with E-state index >= 15 is 0 Å². The first-order valence-corrected chi connectivity index (χ1v) is 4.85. The molecular weight excluding hydrogens is 178 g/mol. The van der Waals surface area contributed by atoms with E-state index in [9.17, 15) is 0 Å². The average Bonchev–Trinajstić information content (AvgIpc) is 2.30. The first-order chi connectivity index (χ1) is 6.81. The summed E-state index contributed by atoms with van der Waals surface area (Å²) in [6.07, 6.45) is 0.973. The highest BCUT2D eigenvalue weighted by molar-refractivity contribution is 5.42. The Morgan fingerprint density at radius 1 is 1.21 bits per heavy atom. The van der Waals surface area contributed by atoms with Crippen molar-refractivity contribution in [2.45, 2.75) is 27.2 Å². The molecule has 0 aromatic heterocycles. The molecule has 0 bridgehead atoms. The van der Waals surface area contributed by atoms with Gasteiger partial charge in [0.1, 0.15) is 0 Å². The lowest BCUT2D eigenvalue weighted by molar-refractivity contribution is 0.305. The maximum atomic E-state index is 5.07. The van der Waals surface area contributed by atoms with Crippen LogP contribution >= 0.6 is 0 Å². The van der Waals surface area contributed by atoms with Gasteiger partial charge in [-0.3, -0.25) is 0 Å². The maximum Gasteiger partial charge on any atom is 0.188 e. The van der Waals surface area contributed by atoms with Crippen LogP contribution in [0.1, 0.15) is 26.3 Å². The monoisotopic (exact) mass is 197 g/mol. The molecule has 0 aliphatic heterocycles. The van der Waals surface area contributed by atoms with E-state index in [-0.39, 0.29) is 0 Å². The van der Waals surface area contributed by atoms with Gasteiger partial charge in [-0.25, -0.2) is 0 Å². The molecule has 0 unspecified atom stereocenters. The van der Waals surface area contributed by atoms with Gasteiger partial charge >= 0.3 is 0 Å². The smallest absolute Gasteiger partial charge is 0.188 e. The van der Waals surface area contributed by atoms with Crippen LogP contribution in [0, 0.1) is 0 Å². The van der Waals surface area contributed by atoms with Crippen molar-refractivity contribution in [2.24, 2.45) is 5.90 Å². The van der Waals surface area contributed by atoms with Crippen molar-refractivity contribution in [2.75, 3.05) is 7.11 Å². The Labute approximate surface area is 85.8 Å². The maximum absolute atomic E-state index is 5.07. The van der Waals surface area contributed by atoms with Crippen LogP contribution in [0.4, 0.5) is 0 Å². The Kier molecular flexibility index (Phi) is 6.58. The zero-order chi connectivity index (χ0) is 11.0. The van der Waals surface area contributed by atoms with Crippen molar-refractivity contribution in [3.8, 4) is 11.5 Å². The molecule has 1 rings (SSSR count). The van der Waals surface area contributed by atoms with Gasteiger partial charge in [0.15, 0.2) is 11.5 Å². The van der Waals surface area contributed by atoms with Crippen molar-refractivity contribution in [3.63, 3.8) is 0 Å². The fourth-order valence-electron chi connectivity index (χ4n) is 1.03. The molecule has 0 spiro atoms. The fraction of sp³-hybridized carbons (Fsp3) is 0.455. The second-order valence-electron chi connectivity index (χ2n) is 2.46. The van der Waals surface area contributed by atoms with E-state index in [2.05, 4.69) is 11.8 Å². The summed E-state index contributed by atoms with van der Waals surface area (Å²) in [6.45, 7) is 6.08. The minimum Gasteiger partial charge on any atom is -0.493 e. The number of aryl methyl sites for hydroxylation is 1. The highest BCUT2D eigenvalue weighted by atomic mass is 16.6. The highest BCUT2D eigenvalue weighted by Crippen LogP contribution is 2.26. The predicted molar refractivity (Wildman–Crippen MR) is 58.5 cm³/mol. The topological polar surface area (TPSA) is 44.5 Å². The van der Waals surface area contributed by atoms with Crippen LogP contribution in [-0.2, 0) is 6.42 Å². The molecule has 0 saturated carbocycles. The van der Waals surface area contributed by atoms with E-state index in [1.807, 2.05) is 26.0 Å². The SMILES string of the molecule is CC.CCc1ccc(ON)c(OC)c1. The van der Waals surface area contributed by atoms with Crippen LogP contribution in [0.3, 0.4) is 0 Å². The molecule has 80 valence electrons. The second-order valence-corrected chi connectivity index (χ2v) is 2.46.